The lowest BCUT2D eigenvalue weighted by molar-refractivity contribution is 0.0850. The molecule has 0 aromatic carbocycles. The molecule has 0 aliphatic heterocycles. The summed E-state index contributed by atoms with van der Waals surface area (Å²) in [7, 11) is -1.11. The molecule has 0 saturated heterocycles. The summed E-state index contributed by atoms with van der Waals surface area (Å²) in [5, 5.41) is 10.3. The molecule has 0 amide bonds. The third-order valence-electron chi connectivity index (χ3n) is 3.36. The topological polar surface area (TPSA) is 64.3 Å². The maximum absolute atomic E-state index is 10.8. The predicted octanol–water partition coefficient (Wildman–Crippen LogP) is 2.65. The largest absolute Gasteiger partial charge is 0.390 e. The van der Waals surface area contributed by atoms with Gasteiger partial charge in [0.2, 0.25) is 0 Å². The van der Waals surface area contributed by atoms with Crippen LogP contribution in [0.4, 0.5) is 0 Å². The van der Waals surface area contributed by atoms with Crippen molar-refractivity contribution in [3.05, 3.63) is 29.6 Å². The molecule has 21 heavy (non-hydrogen) atoms. The van der Waals surface area contributed by atoms with Crippen LogP contribution in [0.2, 0.25) is 25.7 Å². The van der Waals surface area contributed by atoms with Gasteiger partial charge in [-0.2, -0.15) is 0 Å². The third-order valence-corrected chi connectivity index (χ3v) is 5.06. The van der Waals surface area contributed by atoms with Crippen molar-refractivity contribution in [3.63, 3.8) is 0 Å². The Morgan fingerprint density at radius 2 is 2.14 bits per heavy atom. The number of carbonyl (C=O) groups is 1. The van der Waals surface area contributed by atoms with Crippen LogP contribution in [0.1, 0.15) is 16.1 Å². The molecule has 2 heterocycles. The van der Waals surface area contributed by atoms with Crippen LogP contribution in [0.3, 0.4) is 0 Å². The van der Waals surface area contributed by atoms with Crippen LogP contribution in [-0.4, -0.2) is 35.6 Å². The zero-order chi connectivity index (χ0) is 15.5. The highest BCUT2D eigenvalue weighted by atomic mass is 28.3. The lowest BCUT2D eigenvalue weighted by Gasteiger charge is -2.16. The Hall–Kier alpha value is -1.50. The number of aliphatic hydroxyl groups excluding tert-OH is 1. The molecule has 0 aliphatic rings. The molecule has 114 valence electrons. The number of fused-ring (bicyclic) bond motifs is 1. The average Bonchev–Trinajstić information content (AvgIpc) is 2.79. The number of ether oxygens (including phenoxy) is 1. The first-order valence-corrected chi connectivity index (χ1v) is 10.8. The minimum Gasteiger partial charge on any atom is -0.390 e. The zero-order valence-corrected chi connectivity index (χ0v) is 13.8. The molecule has 0 bridgehead atoms. The summed E-state index contributed by atoms with van der Waals surface area (Å²) in [6.07, 6.45) is 2.31. The molecule has 2 aromatic heterocycles. The summed E-state index contributed by atoms with van der Waals surface area (Å²) in [6, 6.07) is 4.72. The Morgan fingerprint density at radius 3 is 2.76 bits per heavy atom. The highest BCUT2D eigenvalue weighted by molar-refractivity contribution is 6.76. The van der Waals surface area contributed by atoms with Gasteiger partial charge in [0.05, 0.1) is 6.61 Å². The maximum atomic E-state index is 10.8. The van der Waals surface area contributed by atoms with Crippen LogP contribution in [0.25, 0.3) is 11.0 Å². The number of pyridine rings is 1. The highest BCUT2D eigenvalue weighted by Crippen LogP contribution is 2.19. The van der Waals surface area contributed by atoms with E-state index < -0.39 is 8.07 Å². The van der Waals surface area contributed by atoms with E-state index in [0.29, 0.717) is 18.9 Å². The summed E-state index contributed by atoms with van der Waals surface area (Å²) < 4.78 is 7.59. The fourth-order valence-electron chi connectivity index (χ4n) is 2.09. The Morgan fingerprint density at radius 1 is 1.38 bits per heavy atom. The molecule has 0 atom stereocenters. The maximum Gasteiger partial charge on any atom is 0.151 e. The molecule has 0 spiro atoms. The second-order valence-corrected chi connectivity index (χ2v) is 12.0. The van der Waals surface area contributed by atoms with E-state index in [2.05, 4.69) is 24.6 Å². The molecule has 2 rings (SSSR count). The SMILES string of the molecule is C[Si](C)(C)CCOCn1c(CO)cc2cc(C=O)cnc21. The van der Waals surface area contributed by atoms with Gasteiger partial charge in [-0.25, -0.2) is 4.98 Å². The second-order valence-electron chi connectivity index (χ2n) is 6.37. The second kappa shape index (κ2) is 6.51. The molecular formula is C15H22N2O3Si. The van der Waals surface area contributed by atoms with E-state index in [1.807, 2.05) is 10.6 Å². The summed E-state index contributed by atoms with van der Waals surface area (Å²) in [5.41, 5.74) is 2.01. The minimum atomic E-state index is -1.11. The average molecular weight is 306 g/mol. The third kappa shape index (κ3) is 4.00. The van der Waals surface area contributed by atoms with Gasteiger partial charge in [-0.3, -0.25) is 4.79 Å². The monoisotopic (exact) mass is 306 g/mol. The molecule has 2 aromatic rings. The van der Waals surface area contributed by atoms with Crippen molar-refractivity contribution >= 4 is 25.4 Å². The molecule has 0 unspecified atom stereocenters. The van der Waals surface area contributed by atoms with E-state index in [1.165, 1.54) is 6.20 Å². The summed E-state index contributed by atoms with van der Waals surface area (Å²) in [6.45, 7) is 7.93. The molecule has 0 fully saturated rings. The lowest BCUT2D eigenvalue weighted by atomic mass is 10.2. The van der Waals surface area contributed by atoms with E-state index in [0.717, 1.165) is 29.1 Å². The molecule has 1 N–H and O–H groups in total. The first kappa shape index (κ1) is 15.9. The minimum absolute atomic E-state index is 0.0792. The van der Waals surface area contributed by atoms with Gasteiger partial charge >= 0.3 is 0 Å². The first-order chi connectivity index (χ1) is 9.94. The van der Waals surface area contributed by atoms with E-state index >= 15 is 0 Å². The van der Waals surface area contributed by atoms with Gasteiger partial charge in [0.25, 0.3) is 0 Å². The number of rotatable bonds is 7. The number of hydrogen-bond acceptors (Lipinski definition) is 4. The van der Waals surface area contributed by atoms with Gasteiger partial charge in [-0.15, -0.1) is 0 Å². The Kier molecular flexibility index (Phi) is 4.92. The molecule has 0 aliphatic carbocycles. The van der Waals surface area contributed by atoms with Crippen molar-refractivity contribution in [1.29, 1.82) is 0 Å². The quantitative estimate of drug-likeness (QED) is 0.485. The highest BCUT2D eigenvalue weighted by Gasteiger charge is 2.13. The van der Waals surface area contributed by atoms with Gasteiger partial charge in [0.15, 0.2) is 6.29 Å². The van der Waals surface area contributed by atoms with Crippen LogP contribution >= 0.6 is 0 Å². The van der Waals surface area contributed by atoms with E-state index in [-0.39, 0.29) is 6.61 Å². The van der Waals surface area contributed by atoms with E-state index in [4.69, 9.17) is 4.74 Å². The number of carbonyl (C=O) groups excluding carboxylic acids is 1. The van der Waals surface area contributed by atoms with Gasteiger partial charge in [0.1, 0.15) is 12.4 Å². The van der Waals surface area contributed by atoms with Crippen molar-refractivity contribution in [3.8, 4) is 0 Å². The number of aldehydes is 1. The molecular weight excluding hydrogens is 284 g/mol. The van der Waals surface area contributed by atoms with Crippen LogP contribution in [-0.2, 0) is 18.1 Å². The van der Waals surface area contributed by atoms with Crippen LogP contribution in [0, 0.1) is 0 Å². The molecule has 6 heteroatoms. The Labute approximate surface area is 125 Å². The zero-order valence-electron chi connectivity index (χ0n) is 12.8. The number of hydrogen-bond donors (Lipinski definition) is 1. The van der Waals surface area contributed by atoms with Gasteiger partial charge in [-0.1, -0.05) is 19.6 Å². The van der Waals surface area contributed by atoms with Gasteiger partial charge < -0.3 is 14.4 Å². The van der Waals surface area contributed by atoms with Crippen LogP contribution in [0.5, 0.6) is 0 Å². The summed E-state index contributed by atoms with van der Waals surface area (Å²) in [4.78, 5) is 15.1. The standard InChI is InChI=1S/C15H22N2O3Si/c1-21(2,3)5-4-20-11-17-14(10-19)7-13-6-12(9-18)8-16-15(13)17/h6-9,19H,4-5,10-11H2,1-3H3. The Balaban J connectivity index is 2.16. The number of aliphatic hydroxyl groups is 1. The van der Waals surface area contributed by atoms with Crippen molar-refractivity contribution in [2.45, 2.75) is 39.0 Å². The summed E-state index contributed by atoms with van der Waals surface area (Å²) in [5.74, 6) is 0. The summed E-state index contributed by atoms with van der Waals surface area (Å²) >= 11 is 0. The fraction of sp³-hybridized carbons (Fsp3) is 0.467. The number of aromatic nitrogens is 2. The van der Waals surface area contributed by atoms with Gasteiger partial charge in [0, 0.05) is 37.5 Å². The van der Waals surface area contributed by atoms with Crippen molar-refractivity contribution < 1.29 is 14.6 Å². The van der Waals surface area contributed by atoms with Gasteiger partial charge in [-0.05, 0) is 18.2 Å². The lowest BCUT2D eigenvalue weighted by Crippen LogP contribution is -2.22. The van der Waals surface area contributed by atoms with E-state index in [9.17, 15) is 9.90 Å². The number of nitrogens with zero attached hydrogens (tertiary/aromatic N) is 2. The van der Waals surface area contributed by atoms with Crippen molar-refractivity contribution in [1.82, 2.24) is 9.55 Å². The molecule has 0 radical (unpaired) electrons. The Bertz CT molecular complexity index is 632. The molecule has 5 nitrogen and oxygen atoms in total. The van der Waals surface area contributed by atoms with Crippen LogP contribution < -0.4 is 0 Å². The normalized spacial score (nSPS) is 12.0. The van der Waals surface area contributed by atoms with Crippen molar-refractivity contribution in [2.24, 2.45) is 0 Å². The van der Waals surface area contributed by atoms with E-state index in [1.54, 1.807) is 6.07 Å². The smallest absolute Gasteiger partial charge is 0.151 e. The first-order valence-electron chi connectivity index (χ1n) is 7.06. The molecule has 0 saturated carbocycles. The van der Waals surface area contributed by atoms with Crippen molar-refractivity contribution in [2.75, 3.05) is 6.61 Å². The predicted molar refractivity (Wildman–Crippen MR) is 85.1 cm³/mol. The fourth-order valence-corrected chi connectivity index (χ4v) is 2.85. The van der Waals surface area contributed by atoms with Crippen LogP contribution in [0.15, 0.2) is 18.3 Å².